The first-order valence-corrected chi connectivity index (χ1v) is 6.03. The molecule has 0 radical (unpaired) electrons. The van der Waals surface area contributed by atoms with E-state index in [4.69, 9.17) is 10.6 Å². The monoisotopic (exact) mass is 251 g/mol. The summed E-state index contributed by atoms with van der Waals surface area (Å²) in [4.78, 5) is 19.8. The Kier molecular flexibility index (Phi) is 3.68. The fourth-order valence-electron chi connectivity index (χ4n) is 1.40. The highest BCUT2D eigenvalue weighted by atomic mass is 32.1. The van der Waals surface area contributed by atoms with Crippen LogP contribution in [0, 0.1) is 0 Å². The molecule has 0 aliphatic heterocycles. The van der Waals surface area contributed by atoms with Crippen molar-refractivity contribution in [1.29, 1.82) is 0 Å². The summed E-state index contributed by atoms with van der Waals surface area (Å²) in [5.74, 6) is -0.503. The predicted octanol–water partition coefficient (Wildman–Crippen LogP) is 1.36. The van der Waals surface area contributed by atoms with Gasteiger partial charge in [-0.25, -0.2) is 0 Å². The second-order valence-electron chi connectivity index (χ2n) is 3.67. The zero-order valence-electron chi connectivity index (χ0n) is 9.34. The Hall–Kier alpha value is -1.50. The molecule has 5 nitrogen and oxygen atoms in total. The molecule has 0 saturated carbocycles. The molecule has 0 aliphatic rings. The highest BCUT2D eigenvalue weighted by molar-refractivity contribution is 7.17. The Balaban J connectivity index is 2.02. The molecule has 0 bridgehead atoms. The van der Waals surface area contributed by atoms with Crippen molar-refractivity contribution in [3.05, 3.63) is 29.3 Å². The Morgan fingerprint density at radius 1 is 1.71 bits per heavy atom. The van der Waals surface area contributed by atoms with Gasteiger partial charge in [0, 0.05) is 6.20 Å². The van der Waals surface area contributed by atoms with Gasteiger partial charge in [-0.1, -0.05) is 0 Å². The third kappa shape index (κ3) is 3.00. The number of hydrogen-bond donors (Lipinski definition) is 2. The van der Waals surface area contributed by atoms with Crippen molar-refractivity contribution in [1.82, 2.24) is 10.5 Å². The first-order valence-electron chi connectivity index (χ1n) is 5.15. The minimum atomic E-state index is -0.503. The summed E-state index contributed by atoms with van der Waals surface area (Å²) >= 11 is 1.64. The number of pyridine rings is 1. The van der Waals surface area contributed by atoms with E-state index in [0.717, 1.165) is 15.8 Å². The van der Waals surface area contributed by atoms with Crippen molar-refractivity contribution in [2.75, 3.05) is 6.61 Å². The summed E-state index contributed by atoms with van der Waals surface area (Å²) in [5, 5.41) is 2.00. The molecular formula is C11H13N3O2S. The number of hydrogen-bond acceptors (Lipinski definition) is 5. The van der Waals surface area contributed by atoms with Gasteiger partial charge in [-0.15, -0.1) is 11.3 Å². The molecule has 1 unspecified atom stereocenters. The summed E-state index contributed by atoms with van der Waals surface area (Å²) < 4.78 is 1.13. The molecule has 2 aromatic rings. The second-order valence-corrected chi connectivity index (χ2v) is 4.61. The summed E-state index contributed by atoms with van der Waals surface area (Å²) in [6, 6.07) is 3.98. The Morgan fingerprint density at radius 2 is 2.53 bits per heavy atom. The zero-order chi connectivity index (χ0) is 12.3. The number of rotatable bonds is 5. The predicted molar refractivity (Wildman–Crippen MR) is 66.3 cm³/mol. The quantitative estimate of drug-likeness (QED) is 0.787. The number of carbonyl (C=O) groups is 1. The van der Waals surface area contributed by atoms with Gasteiger partial charge in [0.05, 0.1) is 16.3 Å². The highest BCUT2D eigenvalue weighted by Crippen LogP contribution is 2.22. The molecule has 2 rings (SSSR count). The lowest BCUT2D eigenvalue weighted by molar-refractivity contribution is -0.126. The van der Waals surface area contributed by atoms with Gasteiger partial charge in [0.25, 0.3) is 0 Å². The van der Waals surface area contributed by atoms with E-state index in [2.05, 4.69) is 16.5 Å². The van der Waals surface area contributed by atoms with Crippen molar-refractivity contribution < 1.29 is 9.63 Å². The molecule has 1 atom stereocenters. The molecule has 0 fully saturated rings. The summed E-state index contributed by atoms with van der Waals surface area (Å²) in [6.45, 7) is 1.79. The van der Waals surface area contributed by atoms with E-state index in [1.807, 2.05) is 18.4 Å². The number of aromatic nitrogens is 1. The fourth-order valence-corrected chi connectivity index (χ4v) is 2.19. The number of nitrogens with two attached hydrogens (primary N) is 1. The lowest BCUT2D eigenvalue weighted by Crippen LogP contribution is -2.26. The number of nitrogens with one attached hydrogen (secondary N) is 1. The van der Waals surface area contributed by atoms with Crippen LogP contribution in [0.5, 0.6) is 0 Å². The van der Waals surface area contributed by atoms with Crippen LogP contribution >= 0.6 is 11.3 Å². The minimum Gasteiger partial charge on any atom is -0.368 e. The number of thiophene rings is 1. The van der Waals surface area contributed by atoms with Crippen LogP contribution in [0.25, 0.3) is 10.2 Å². The lowest BCUT2D eigenvalue weighted by Gasteiger charge is -2.12. The van der Waals surface area contributed by atoms with Crippen LogP contribution in [-0.2, 0) is 9.63 Å². The lowest BCUT2D eigenvalue weighted by atomic mass is 10.1. The molecule has 1 amide bonds. The van der Waals surface area contributed by atoms with Crippen LogP contribution in [-0.4, -0.2) is 17.5 Å². The van der Waals surface area contributed by atoms with Gasteiger partial charge >= 0.3 is 0 Å². The van der Waals surface area contributed by atoms with E-state index in [0.29, 0.717) is 0 Å². The number of hydroxylamine groups is 1. The van der Waals surface area contributed by atoms with Gasteiger partial charge in [-0.05, 0) is 30.0 Å². The number of amides is 1. The second kappa shape index (κ2) is 5.22. The Morgan fingerprint density at radius 3 is 3.29 bits per heavy atom. The van der Waals surface area contributed by atoms with Crippen molar-refractivity contribution in [3.8, 4) is 0 Å². The number of carbonyl (C=O) groups excluding carboxylic acids is 1. The summed E-state index contributed by atoms with van der Waals surface area (Å²) in [5.41, 5.74) is 9.71. The van der Waals surface area contributed by atoms with Crippen LogP contribution < -0.4 is 11.2 Å². The van der Waals surface area contributed by atoms with E-state index >= 15 is 0 Å². The van der Waals surface area contributed by atoms with Crippen molar-refractivity contribution in [2.24, 2.45) is 5.73 Å². The summed E-state index contributed by atoms with van der Waals surface area (Å²) in [7, 11) is 0. The average Bonchev–Trinajstić information content (AvgIpc) is 2.75. The van der Waals surface area contributed by atoms with Gasteiger partial charge in [-0.2, -0.15) is 5.48 Å². The van der Waals surface area contributed by atoms with Crippen molar-refractivity contribution in [2.45, 2.75) is 13.0 Å². The molecule has 0 aliphatic carbocycles. The molecule has 6 heteroatoms. The molecule has 2 heterocycles. The standard InChI is InChI=1S/C11H13N3O2S/c1-7(14-16-6-11(12)15)8-4-10-9(13-5-8)2-3-17-10/h2-5,7,14H,6H2,1H3,(H2,12,15). The number of primary amides is 1. The van der Waals surface area contributed by atoms with E-state index in [-0.39, 0.29) is 12.6 Å². The van der Waals surface area contributed by atoms with Crippen LogP contribution in [0.4, 0.5) is 0 Å². The van der Waals surface area contributed by atoms with Gasteiger partial charge in [0.15, 0.2) is 0 Å². The maximum absolute atomic E-state index is 10.5. The SMILES string of the molecule is CC(NOCC(N)=O)c1cnc2ccsc2c1. The molecule has 0 spiro atoms. The molecule has 3 N–H and O–H groups in total. The Bertz CT molecular complexity index is 526. The first-order chi connectivity index (χ1) is 8.16. The third-order valence-electron chi connectivity index (χ3n) is 2.30. The minimum absolute atomic E-state index is 0.0478. The van der Waals surface area contributed by atoms with E-state index in [9.17, 15) is 4.79 Å². The van der Waals surface area contributed by atoms with Crippen LogP contribution in [0.15, 0.2) is 23.7 Å². The maximum atomic E-state index is 10.5. The van der Waals surface area contributed by atoms with Gasteiger partial charge in [-0.3, -0.25) is 14.6 Å². The van der Waals surface area contributed by atoms with E-state index in [1.165, 1.54) is 0 Å². The van der Waals surface area contributed by atoms with Crippen molar-refractivity contribution >= 4 is 27.5 Å². The molecular weight excluding hydrogens is 238 g/mol. The molecule has 0 aromatic carbocycles. The fraction of sp³-hybridized carbons (Fsp3) is 0.273. The van der Waals surface area contributed by atoms with Crippen LogP contribution in [0.1, 0.15) is 18.5 Å². The normalized spacial score (nSPS) is 12.8. The largest absolute Gasteiger partial charge is 0.368 e. The maximum Gasteiger partial charge on any atom is 0.245 e. The van der Waals surface area contributed by atoms with E-state index < -0.39 is 5.91 Å². The van der Waals surface area contributed by atoms with Gasteiger partial charge in [0.2, 0.25) is 5.91 Å². The van der Waals surface area contributed by atoms with Gasteiger partial charge in [0.1, 0.15) is 6.61 Å². The van der Waals surface area contributed by atoms with Crippen LogP contribution in [0.2, 0.25) is 0 Å². The zero-order valence-corrected chi connectivity index (χ0v) is 10.2. The Labute approximate surface area is 103 Å². The molecule has 90 valence electrons. The van der Waals surface area contributed by atoms with E-state index in [1.54, 1.807) is 17.5 Å². The smallest absolute Gasteiger partial charge is 0.245 e. The third-order valence-corrected chi connectivity index (χ3v) is 3.15. The van der Waals surface area contributed by atoms with Crippen LogP contribution in [0.3, 0.4) is 0 Å². The molecule has 2 aromatic heterocycles. The number of nitrogens with zero attached hydrogens (tertiary/aromatic N) is 1. The molecule has 17 heavy (non-hydrogen) atoms. The average molecular weight is 251 g/mol. The van der Waals surface area contributed by atoms with Gasteiger partial charge < -0.3 is 5.73 Å². The highest BCUT2D eigenvalue weighted by Gasteiger charge is 2.07. The summed E-state index contributed by atoms with van der Waals surface area (Å²) in [6.07, 6.45) is 1.79. The molecule has 0 saturated heterocycles. The number of fused-ring (bicyclic) bond motifs is 1. The first kappa shape index (κ1) is 12.0. The van der Waals surface area contributed by atoms with Crippen molar-refractivity contribution in [3.63, 3.8) is 0 Å². The topological polar surface area (TPSA) is 77.2 Å².